The molecule has 1 aliphatic heterocycles. The molecule has 1 fully saturated rings. The monoisotopic (exact) mass is 200 g/mol. The Morgan fingerprint density at radius 3 is 2.79 bits per heavy atom. The summed E-state index contributed by atoms with van der Waals surface area (Å²) < 4.78 is 4.61. The molecule has 1 aliphatic rings. The minimum absolute atomic E-state index is 0.0157. The summed E-state index contributed by atoms with van der Waals surface area (Å²) in [6.45, 7) is 0.571. The second-order valence-corrected chi connectivity index (χ2v) is 3.35. The number of piperidine rings is 1. The molecule has 80 valence electrons. The van der Waals surface area contributed by atoms with Gasteiger partial charge in [-0.25, -0.2) is 4.79 Å². The first-order chi connectivity index (χ1) is 6.70. The lowest BCUT2D eigenvalue weighted by Crippen LogP contribution is -2.49. The minimum atomic E-state index is -0.434. The van der Waals surface area contributed by atoms with Crippen molar-refractivity contribution in [3.8, 4) is 0 Å². The maximum Gasteiger partial charge on any atom is 0.410 e. The van der Waals surface area contributed by atoms with Crippen LogP contribution in [-0.4, -0.2) is 43.0 Å². The van der Waals surface area contributed by atoms with Crippen LogP contribution in [0.15, 0.2) is 0 Å². The zero-order valence-electron chi connectivity index (χ0n) is 8.36. The average Bonchev–Trinajstić information content (AvgIpc) is 2.27. The number of ether oxygens (including phenoxy) is 1. The summed E-state index contributed by atoms with van der Waals surface area (Å²) >= 11 is 0. The van der Waals surface area contributed by atoms with E-state index in [-0.39, 0.29) is 18.4 Å². The average molecular weight is 200 g/mol. The van der Waals surface area contributed by atoms with E-state index in [0.717, 1.165) is 12.8 Å². The fourth-order valence-electron chi connectivity index (χ4n) is 1.74. The van der Waals surface area contributed by atoms with Crippen molar-refractivity contribution in [2.45, 2.75) is 25.3 Å². The van der Waals surface area contributed by atoms with E-state index >= 15 is 0 Å². The third kappa shape index (κ3) is 2.23. The molecule has 0 bridgehead atoms. The van der Waals surface area contributed by atoms with Gasteiger partial charge in [-0.1, -0.05) is 0 Å². The Morgan fingerprint density at radius 1 is 1.50 bits per heavy atom. The molecule has 1 amide bonds. The summed E-state index contributed by atoms with van der Waals surface area (Å²) in [5.74, 6) is -0.0879. The van der Waals surface area contributed by atoms with Crippen molar-refractivity contribution >= 4 is 11.9 Å². The van der Waals surface area contributed by atoms with Gasteiger partial charge in [0.2, 0.25) is 0 Å². The molecule has 0 saturated carbocycles. The maximum atomic E-state index is 11.4. The zero-order chi connectivity index (χ0) is 10.6. The van der Waals surface area contributed by atoms with E-state index in [4.69, 9.17) is 5.73 Å². The third-order valence-electron chi connectivity index (χ3n) is 2.48. The van der Waals surface area contributed by atoms with Crippen molar-refractivity contribution in [1.29, 1.82) is 0 Å². The van der Waals surface area contributed by atoms with Crippen LogP contribution in [0.25, 0.3) is 0 Å². The summed E-state index contributed by atoms with van der Waals surface area (Å²) in [5, 5.41) is 0. The molecule has 1 unspecified atom stereocenters. The van der Waals surface area contributed by atoms with E-state index in [9.17, 15) is 9.59 Å². The molecule has 0 radical (unpaired) electrons. The van der Waals surface area contributed by atoms with Crippen LogP contribution in [0, 0.1) is 0 Å². The first kappa shape index (κ1) is 11.0. The molecule has 2 N–H and O–H groups in total. The molecule has 14 heavy (non-hydrogen) atoms. The highest BCUT2D eigenvalue weighted by molar-refractivity contribution is 5.88. The number of carbonyl (C=O) groups is 2. The van der Waals surface area contributed by atoms with E-state index in [0.29, 0.717) is 13.0 Å². The molecule has 0 aromatic rings. The van der Waals surface area contributed by atoms with Crippen LogP contribution < -0.4 is 5.73 Å². The number of likely N-dealkylation sites (tertiary alicyclic amines) is 1. The van der Waals surface area contributed by atoms with E-state index in [1.54, 1.807) is 0 Å². The van der Waals surface area contributed by atoms with Gasteiger partial charge in [-0.05, 0) is 19.3 Å². The van der Waals surface area contributed by atoms with Crippen molar-refractivity contribution < 1.29 is 14.3 Å². The predicted molar refractivity (Wildman–Crippen MR) is 50.8 cm³/mol. The molecule has 0 aromatic heterocycles. The number of rotatable bonds is 2. The summed E-state index contributed by atoms with van der Waals surface area (Å²) in [5.41, 5.74) is 5.28. The normalized spacial score (nSPS) is 21.9. The number of hydrogen-bond acceptors (Lipinski definition) is 4. The fourth-order valence-corrected chi connectivity index (χ4v) is 1.74. The molecule has 0 aromatic carbocycles. The molecule has 1 atom stereocenters. The molecule has 1 saturated heterocycles. The highest BCUT2D eigenvalue weighted by atomic mass is 16.5. The van der Waals surface area contributed by atoms with Gasteiger partial charge in [0.15, 0.2) is 5.78 Å². The number of ketones is 1. The Labute approximate surface area is 83.2 Å². The molecule has 0 spiro atoms. The van der Waals surface area contributed by atoms with Crippen LogP contribution in [0.5, 0.6) is 0 Å². The van der Waals surface area contributed by atoms with Crippen molar-refractivity contribution in [3.05, 3.63) is 0 Å². The van der Waals surface area contributed by atoms with Gasteiger partial charge in [0.25, 0.3) is 0 Å². The Morgan fingerprint density at radius 2 is 2.21 bits per heavy atom. The number of hydrogen-bond donors (Lipinski definition) is 1. The maximum absolute atomic E-state index is 11.4. The number of carbonyl (C=O) groups excluding carboxylic acids is 2. The molecular formula is C9H16N2O3. The Kier molecular flexibility index (Phi) is 3.88. The van der Waals surface area contributed by atoms with Crippen molar-refractivity contribution in [1.82, 2.24) is 4.90 Å². The lowest BCUT2D eigenvalue weighted by molar-refractivity contribution is -0.123. The fraction of sp³-hybridized carbons (Fsp3) is 0.778. The summed E-state index contributed by atoms with van der Waals surface area (Å²) in [6.07, 6.45) is 2.15. The van der Waals surface area contributed by atoms with Gasteiger partial charge >= 0.3 is 6.09 Å². The van der Waals surface area contributed by atoms with Crippen LogP contribution in [0.4, 0.5) is 4.79 Å². The second-order valence-electron chi connectivity index (χ2n) is 3.35. The predicted octanol–water partition coefficient (Wildman–Crippen LogP) is 0.135. The van der Waals surface area contributed by atoms with Gasteiger partial charge in [-0.15, -0.1) is 0 Å². The summed E-state index contributed by atoms with van der Waals surface area (Å²) in [7, 11) is 1.32. The highest BCUT2D eigenvalue weighted by Crippen LogP contribution is 2.18. The van der Waals surface area contributed by atoms with Gasteiger partial charge < -0.3 is 10.5 Å². The zero-order valence-corrected chi connectivity index (χ0v) is 8.36. The van der Waals surface area contributed by atoms with Crippen LogP contribution in [0.2, 0.25) is 0 Å². The SMILES string of the molecule is COC(=O)N1CCCCC1C(=O)CN. The van der Waals surface area contributed by atoms with E-state index in [1.807, 2.05) is 0 Å². The molecule has 1 heterocycles. The quantitative estimate of drug-likeness (QED) is 0.688. The number of nitrogens with two attached hydrogens (primary N) is 1. The van der Waals surface area contributed by atoms with E-state index < -0.39 is 6.09 Å². The molecule has 5 heteroatoms. The smallest absolute Gasteiger partial charge is 0.410 e. The van der Waals surface area contributed by atoms with E-state index in [2.05, 4.69) is 4.74 Å². The van der Waals surface area contributed by atoms with Crippen molar-refractivity contribution in [2.75, 3.05) is 20.2 Å². The van der Waals surface area contributed by atoms with Gasteiger partial charge in [-0.2, -0.15) is 0 Å². The van der Waals surface area contributed by atoms with Crippen LogP contribution >= 0.6 is 0 Å². The largest absolute Gasteiger partial charge is 0.453 e. The topological polar surface area (TPSA) is 72.6 Å². The Hall–Kier alpha value is -1.10. The van der Waals surface area contributed by atoms with Crippen molar-refractivity contribution in [2.24, 2.45) is 5.73 Å². The first-order valence-corrected chi connectivity index (χ1v) is 4.78. The molecule has 0 aliphatic carbocycles. The minimum Gasteiger partial charge on any atom is -0.453 e. The summed E-state index contributed by atoms with van der Waals surface area (Å²) in [6, 6.07) is -0.374. The van der Waals surface area contributed by atoms with Crippen LogP contribution in [0.3, 0.4) is 0 Å². The van der Waals surface area contributed by atoms with Crippen LogP contribution in [-0.2, 0) is 9.53 Å². The Balaban J connectivity index is 2.68. The number of nitrogens with zero attached hydrogens (tertiary/aromatic N) is 1. The molecular weight excluding hydrogens is 184 g/mol. The second kappa shape index (κ2) is 4.95. The number of amides is 1. The number of Topliss-reactive ketones (excluding diaryl/α,β-unsaturated/α-hetero) is 1. The standard InChI is InChI=1S/C9H16N2O3/c1-14-9(13)11-5-3-2-4-7(11)8(12)6-10/h7H,2-6,10H2,1H3. The third-order valence-corrected chi connectivity index (χ3v) is 2.48. The Bertz CT molecular complexity index is 206. The summed E-state index contributed by atoms with van der Waals surface area (Å²) in [4.78, 5) is 24.2. The van der Waals surface area contributed by atoms with Gasteiger partial charge in [0.1, 0.15) is 0 Å². The molecule has 1 rings (SSSR count). The van der Waals surface area contributed by atoms with Gasteiger partial charge in [0, 0.05) is 6.54 Å². The molecule has 5 nitrogen and oxygen atoms in total. The lowest BCUT2D eigenvalue weighted by atomic mass is 9.99. The lowest BCUT2D eigenvalue weighted by Gasteiger charge is -2.33. The van der Waals surface area contributed by atoms with Crippen LogP contribution in [0.1, 0.15) is 19.3 Å². The van der Waals surface area contributed by atoms with Crippen molar-refractivity contribution in [3.63, 3.8) is 0 Å². The number of methoxy groups -OCH3 is 1. The van der Waals surface area contributed by atoms with Gasteiger partial charge in [0.05, 0.1) is 19.7 Å². The van der Waals surface area contributed by atoms with Gasteiger partial charge in [-0.3, -0.25) is 9.69 Å². The highest BCUT2D eigenvalue weighted by Gasteiger charge is 2.31. The first-order valence-electron chi connectivity index (χ1n) is 4.78. The van der Waals surface area contributed by atoms with E-state index in [1.165, 1.54) is 12.0 Å².